The van der Waals surface area contributed by atoms with Crippen LogP contribution in [0.2, 0.25) is 0 Å². The van der Waals surface area contributed by atoms with Gasteiger partial charge >= 0.3 is 12.1 Å². The molecule has 10 nitrogen and oxygen atoms in total. The highest BCUT2D eigenvalue weighted by molar-refractivity contribution is 5.73. The van der Waals surface area contributed by atoms with Crippen molar-refractivity contribution in [2.75, 3.05) is 5.32 Å². The topological polar surface area (TPSA) is 131 Å². The molecule has 4 aromatic rings. The van der Waals surface area contributed by atoms with Crippen LogP contribution < -0.4 is 5.32 Å². The lowest BCUT2D eigenvalue weighted by atomic mass is 9.86. The third-order valence-electron chi connectivity index (χ3n) is 6.09. The van der Waals surface area contributed by atoms with Gasteiger partial charge in [-0.1, -0.05) is 12.1 Å². The van der Waals surface area contributed by atoms with Crippen molar-refractivity contribution < 1.29 is 37.0 Å². The number of aryl methyl sites for hydroxylation is 2. The van der Waals surface area contributed by atoms with Crippen LogP contribution in [0, 0.1) is 18.6 Å². The van der Waals surface area contributed by atoms with Crippen LogP contribution in [0.25, 0.3) is 5.69 Å². The summed E-state index contributed by atoms with van der Waals surface area (Å²) in [4.78, 5) is 17.6. The molecule has 212 valence electrons. The van der Waals surface area contributed by atoms with Crippen molar-refractivity contribution in [1.82, 2.24) is 29.5 Å². The Labute approximate surface area is 224 Å². The van der Waals surface area contributed by atoms with Crippen LogP contribution in [-0.2, 0) is 11.3 Å². The first-order valence-electron chi connectivity index (χ1n) is 11.9. The number of alkyl halides is 3. The van der Waals surface area contributed by atoms with E-state index in [2.05, 4.69) is 25.5 Å². The van der Waals surface area contributed by atoms with Gasteiger partial charge in [-0.25, -0.2) is 27.9 Å². The second-order valence-corrected chi connectivity index (χ2v) is 9.40. The summed E-state index contributed by atoms with van der Waals surface area (Å²) in [6, 6.07) is 10.9. The highest BCUT2D eigenvalue weighted by atomic mass is 19.4. The maximum atomic E-state index is 14.7. The minimum Gasteiger partial charge on any atom is -0.475 e. The number of hydrogen-bond acceptors (Lipinski definition) is 7. The fourth-order valence-electron chi connectivity index (χ4n) is 4.13. The van der Waals surface area contributed by atoms with Crippen LogP contribution in [0.4, 0.5) is 33.6 Å². The average Bonchev–Trinajstić information content (AvgIpc) is 3.45. The van der Waals surface area contributed by atoms with Crippen molar-refractivity contribution in [2.45, 2.75) is 50.9 Å². The quantitative estimate of drug-likeness (QED) is 0.309. The third-order valence-corrected chi connectivity index (χ3v) is 6.09. The molecule has 0 saturated carbocycles. The molecule has 40 heavy (non-hydrogen) atoms. The fourth-order valence-corrected chi connectivity index (χ4v) is 4.13. The van der Waals surface area contributed by atoms with Gasteiger partial charge < -0.3 is 15.5 Å². The number of anilines is 2. The number of hydrogen-bond donors (Lipinski definition) is 3. The van der Waals surface area contributed by atoms with E-state index in [9.17, 15) is 27.1 Å². The van der Waals surface area contributed by atoms with Gasteiger partial charge in [0, 0.05) is 18.2 Å². The van der Waals surface area contributed by atoms with Gasteiger partial charge in [-0.2, -0.15) is 23.3 Å². The van der Waals surface area contributed by atoms with Gasteiger partial charge in [-0.3, -0.25) is 0 Å². The van der Waals surface area contributed by atoms with E-state index in [0.717, 1.165) is 5.56 Å². The molecule has 0 aliphatic carbocycles. The summed E-state index contributed by atoms with van der Waals surface area (Å²) in [5, 5.41) is 29.6. The van der Waals surface area contributed by atoms with Gasteiger partial charge in [0.25, 0.3) is 0 Å². The van der Waals surface area contributed by atoms with Crippen LogP contribution in [-0.4, -0.2) is 57.5 Å². The molecular weight excluding hydrogens is 541 g/mol. The van der Waals surface area contributed by atoms with Gasteiger partial charge in [-0.15, -0.1) is 5.10 Å². The number of nitrogens with zero attached hydrogens (tertiary/aromatic N) is 6. The van der Waals surface area contributed by atoms with Gasteiger partial charge in [0.05, 0.1) is 5.60 Å². The van der Waals surface area contributed by atoms with Gasteiger partial charge in [-0.05, 0) is 62.6 Å². The molecule has 0 fully saturated rings. The average molecular weight is 566 g/mol. The highest BCUT2D eigenvalue weighted by Gasteiger charge is 2.38. The zero-order valence-electron chi connectivity index (χ0n) is 21.2. The summed E-state index contributed by atoms with van der Waals surface area (Å²) in [6.45, 7) is 4.00. The number of carboxylic acid groups (broad SMARTS) is 1. The fraction of sp³-hybridized carbons (Fsp3) is 0.320. The lowest BCUT2D eigenvalue weighted by Gasteiger charge is -2.24. The molecular formula is C25H24F5N7O3. The molecule has 0 spiro atoms. The third kappa shape index (κ3) is 6.77. The number of nitrogens with one attached hydrogen (secondary N) is 1. The van der Waals surface area contributed by atoms with Crippen LogP contribution in [0.15, 0.2) is 48.8 Å². The Morgan fingerprint density at radius 3 is 2.38 bits per heavy atom. The number of carboxylic acids is 1. The second kappa shape index (κ2) is 11.0. The lowest BCUT2D eigenvalue weighted by Crippen LogP contribution is -2.26. The Kier molecular flexibility index (Phi) is 7.86. The number of aliphatic hydroxyl groups is 1. The zero-order valence-corrected chi connectivity index (χ0v) is 21.2. The first kappa shape index (κ1) is 28.6. The van der Waals surface area contributed by atoms with Crippen LogP contribution in [0.1, 0.15) is 42.9 Å². The number of aromatic nitrogens is 6. The minimum atomic E-state index is -5.08. The molecule has 0 bridgehead atoms. The Bertz CT molecular complexity index is 1500. The first-order valence-corrected chi connectivity index (χ1v) is 11.9. The molecule has 0 unspecified atom stereocenters. The molecule has 1 aliphatic heterocycles. The number of aliphatic carboxylic acids is 1. The molecule has 5 rings (SSSR count). The van der Waals surface area contributed by atoms with E-state index in [4.69, 9.17) is 9.90 Å². The Morgan fingerprint density at radius 1 is 1.12 bits per heavy atom. The van der Waals surface area contributed by atoms with Crippen molar-refractivity contribution in [3.05, 3.63) is 77.6 Å². The number of halogens is 5. The maximum Gasteiger partial charge on any atom is 0.490 e. The summed E-state index contributed by atoms with van der Waals surface area (Å²) in [5.74, 6) is -2.27. The molecule has 0 saturated heterocycles. The standard InChI is InChI=1S/C23H23F2N7O.C2HF3O2/c1-14-26-13-32(29-14)20-8-7-17(11-19(20)25)27-22-28-21-18(15-3-5-16(24)6-4-15)12-23(2,33)9-10-31(21)30-22;3-2(4,5)1(6)7/h3-8,11,13,18,33H,9-10,12H2,1-2H3,(H,27,30);(H,6,7)/t18-,23-;/m1./s1. The summed E-state index contributed by atoms with van der Waals surface area (Å²) in [5.41, 5.74) is 0.707. The van der Waals surface area contributed by atoms with Gasteiger partial charge in [0.1, 0.15) is 29.5 Å². The van der Waals surface area contributed by atoms with Crippen molar-refractivity contribution in [1.29, 1.82) is 0 Å². The number of rotatable bonds is 4. The van der Waals surface area contributed by atoms with E-state index in [0.29, 0.717) is 42.7 Å². The zero-order chi connectivity index (χ0) is 29.2. The van der Waals surface area contributed by atoms with Crippen molar-refractivity contribution in [3.8, 4) is 5.69 Å². The van der Waals surface area contributed by atoms with E-state index in [1.165, 1.54) is 29.2 Å². The van der Waals surface area contributed by atoms with Gasteiger partial charge in [0.2, 0.25) is 5.95 Å². The number of fused-ring (bicyclic) bond motifs is 1. The molecule has 2 aromatic carbocycles. The monoisotopic (exact) mass is 565 g/mol. The number of benzene rings is 2. The van der Waals surface area contributed by atoms with Crippen LogP contribution >= 0.6 is 0 Å². The molecule has 0 amide bonds. The van der Waals surface area contributed by atoms with Crippen LogP contribution in [0.3, 0.4) is 0 Å². The SMILES string of the molecule is Cc1ncn(-c2ccc(Nc3nc4n(n3)CC[C@@](C)(O)C[C@@H]4c3ccc(F)cc3)cc2F)n1.O=C(O)C(F)(F)F. The van der Waals surface area contributed by atoms with Crippen molar-refractivity contribution in [3.63, 3.8) is 0 Å². The van der Waals surface area contributed by atoms with E-state index in [1.54, 1.807) is 42.8 Å². The van der Waals surface area contributed by atoms with E-state index >= 15 is 0 Å². The maximum absolute atomic E-state index is 14.7. The lowest BCUT2D eigenvalue weighted by molar-refractivity contribution is -0.192. The summed E-state index contributed by atoms with van der Waals surface area (Å²) >= 11 is 0. The van der Waals surface area contributed by atoms with E-state index < -0.39 is 23.6 Å². The summed E-state index contributed by atoms with van der Waals surface area (Å²) < 4.78 is 63.0. The minimum absolute atomic E-state index is 0.263. The molecule has 3 N–H and O–H groups in total. The van der Waals surface area contributed by atoms with E-state index in [1.807, 2.05) is 0 Å². The Morgan fingerprint density at radius 2 is 1.80 bits per heavy atom. The first-order chi connectivity index (χ1) is 18.7. The molecule has 2 aromatic heterocycles. The number of carbonyl (C=O) groups is 1. The largest absolute Gasteiger partial charge is 0.490 e. The molecule has 3 heterocycles. The van der Waals surface area contributed by atoms with Crippen LogP contribution in [0.5, 0.6) is 0 Å². The summed E-state index contributed by atoms with van der Waals surface area (Å²) in [6.07, 6.45) is -2.70. The highest BCUT2D eigenvalue weighted by Crippen LogP contribution is 2.37. The smallest absolute Gasteiger partial charge is 0.475 e. The van der Waals surface area contributed by atoms with Crippen molar-refractivity contribution in [2.24, 2.45) is 0 Å². The molecule has 0 radical (unpaired) electrons. The summed E-state index contributed by atoms with van der Waals surface area (Å²) in [7, 11) is 0. The predicted molar refractivity (Wildman–Crippen MR) is 131 cm³/mol. The Hall–Kier alpha value is -4.40. The molecule has 2 atom stereocenters. The van der Waals surface area contributed by atoms with Crippen molar-refractivity contribution >= 4 is 17.6 Å². The normalized spacial score (nSPS) is 18.8. The molecule has 1 aliphatic rings. The second-order valence-electron chi connectivity index (χ2n) is 9.40. The molecule has 15 heteroatoms. The van der Waals surface area contributed by atoms with Gasteiger partial charge in [0.15, 0.2) is 5.82 Å². The van der Waals surface area contributed by atoms with E-state index in [-0.39, 0.29) is 17.4 Å². The Balaban J connectivity index is 0.000000470. The predicted octanol–water partition coefficient (Wildman–Crippen LogP) is 4.50.